The summed E-state index contributed by atoms with van der Waals surface area (Å²) in [6, 6.07) is 2.39. The Hall–Kier alpha value is -3.24. The molecule has 1 fully saturated rings. The van der Waals surface area contributed by atoms with Crippen LogP contribution in [-0.4, -0.2) is 46.5 Å². The van der Waals surface area contributed by atoms with Gasteiger partial charge in [0.2, 0.25) is 0 Å². The number of aromatic nitrogens is 3. The minimum atomic E-state index is -4.51. The first-order valence-corrected chi connectivity index (χ1v) is 9.97. The van der Waals surface area contributed by atoms with Gasteiger partial charge in [0.25, 0.3) is 11.8 Å². The number of alkyl halides is 3. The summed E-state index contributed by atoms with van der Waals surface area (Å²) in [7, 11) is 1.28. The average Bonchev–Trinajstić information content (AvgIpc) is 3.56. The number of Topliss-reactive ketones (excluding diaryl/α,β-unsaturated/α-hetero) is 1. The molecule has 1 saturated carbocycles. The predicted molar refractivity (Wildman–Crippen MR) is 106 cm³/mol. The molecule has 11 heteroatoms. The molecule has 1 aliphatic rings. The van der Waals surface area contributed by atoms with Crippen molar-refractivity contribution < 1.29 is 32.2 Å². The molecule has 0 radical (unpaired) electrons. The van der Waals surface area contributed by atoms with Gasteiger partial charge in [-0.2, -0.15) is 13.2 Å². The Morgan fingerprint density at radius 3 is 2.59 bits per heavy atom. The molecule has 0 saturated heterocycles. The molecular weight excluding hydrogens is 429 g/mol. The SMILES string of the molecule is COc1cc(C(C)NC(=O)c2cc(C)nc(CC(=O)C3CC3)n2)cnc1OCC(F)(F)F. The molecule has 3 rings (SSSR count). The van der Waals surface area contributed by atoms with Crippen LogP contribution in [0, 0.1) is 12.8 Å². The highest BCUT2D eigenvalue weighted by Gasteiger charge is 2.30. The van der Waals surface area contributed by atoms with Gasteiger partial charge < -0.3 is 14.8 Å². The number of amides is 1. The fourth-order valence-electron chi connectivity index (χ4n) is 2.97. The van der Waals surface area contributed by atoms with Crippen molar-refractivity contribution in [2.45, 2.75) is 45.3 Å². The van der Waals surface area contributed by atoms with Crippen LogP contribution in [0.3, 0.4) is 0 Å². The molecule has 32 heavy (non-hydrogen) atoms. The summed E-state index contributed by atoms with van der Waals surface area (Å²) < 4.78 is 46.9. The third-order valence-corrected chi connectivity index (χ3v) is 4.78. The van der Waals surface area contributed by atoms with E-state index in [2.05, 4.69) is 25.0 Å². The summed E-state index contributed by atoms with van der Waals surface area (Å²) in [4.78, 5) is 37.1. The van der Waals surface area contributed by atoms with Crippen molar-refractivity contribution in [3.63, 3.8) is 0 Å². The number of pyridine rings is 1. The zero-order chi connectivity index (χ0) is 23.5. The lowest BCUT2D eigenvalue weighted by molar-refractivity contribution is -0.154. The normalized spacial score (nSPS) is 14.6. The number of carbonyl (C=O) groups excluding carboxylic acids is 2. The summed E-state index contributed by atoms with van der Waals surface area (Å²) in [6.07, 6.45) is -1.36. The number of ketones is 1. The molecule has 1 atom stereocenters. The van der Waals surface area contributed by atoms with Gasteiger partial charge in [0.1, 0.15) is 17.3 Å². The van der Waals surface area contributed by atoms with Crippen LogP contribution in [0.5, 0.6) is 11.6 Å². The van der Waals surface area contributed by atoms with E-state index < -0.39 is 24.7 Å². The fourth-order valence-corrected chi connectivity index (χ4v) is 2.97. The summed E-state index contributed by atoms with van der Waals surface area (Å²) in [6.45, 7) is 1.89. The minimum Gasteiger partial charge on any atom is -0.491 e. The third-order valence-electron chi connectivity index (χ3n) is 4.78. The highest BCUT2D eigenvalue weighted by atomic mass is 19.4. The van der Waals surface area contributed by atoms with E-state index >= 15 is 0 Å². The van der Waals surface area contributed by atoms with Gasteiger partial charge in [-0.25, -0.2) is 15.0 Å². The number of methoxy groups -OCH3 is 1. The smallest absolute Gasteiger partial charge is 0.422 e. The van der Waals surface area contributed by atoms with E-state index in [1.54, 1.807) is 13.8 Å². The lowest BCUT2D eigenvalue weighted by Gasteiger charge is -2.17. The minimum absolute atomic E-state index is 0.00611. The van der Waals surface area contributed by atoms with Crippen molar-refractivity contribution in [1.82, 2.24) is 20.3 Å². The zero-order valence-corrected chi connectivity index (χ0v) is 17.8. The molecule has 1 N–H and O–H groups in total. The van der Waals surface area contributed by atoms with Gasteiger partial charge in [0.05, 0.1) is 19.6 Å². The second-order valence-electron chi connectivity index (χ2n) is 7.60. The first kappa shape index (κ1) is 23.4. The summed E-state index contributed by atoms with van der Waals surface area (Å²) >= 11 is 0. The van der Waals surface area contributed by atoms with Gasteiger partial charge >= 0.3 is 6.18 Å². The van der Waals surface area contributed by atoms with E-state index in [4.69, 9.17) is 4.74 Å². The number of nitrogens with zero attached hydrogens (tertiary/aromatic N) is 3. The Morgan fingerprint density at radius 2 is 1.97 bits per heavy atom. The molecular formula is C21H23F3N4O4. The van der Waals surface area contributed by atoms with E-state index in [-0.39, 0.29) is 35.4 Å². The summed E-state index contributed by atoms with van der Waals surface area (Å²) in [5, 5.41) is 2.75. The second-order valence-corrected chi connectivity index (χ2v) is 7.60. The molecule has 1 aliphatic carbocycles. The van der Waals surface area contributed by atoms with Gasteiger partial charge in [-0.3, -0.25) is 9.59 Å². The number of hydrogen-bond donors (Lipinski definition) is 1. The van der Waals surface area contributed by atoms with Gasteiger partial charge in [0.15, 0.2) is 12.4 Å². The van der Waals surface area contributed by atoms with Gasteiger partial charge in [0, 0.05) is 17.8 Å². The largest absolute Gasteiger partial charge is 0.491 e. The van der Waals surface area contributed by atoms with Crippen molar-refractivity contribution in [2.75, 3.05) is 13.7 Å². The molecule has 1 amide bonds. The van der Waals surface area contributed by atoms with Crippen LogP contribution in [0.2, 0.25) is 0 Å². The first-order chi connectivity index (χ1) is 15.1. The Labute approximate surface area is 182 Å². The Kier molecular flexibility index (Phi) is 6.95. The van der Waals surface area contributed by atoms with Crippen LogP contribution in [0.15, 0.2) is 18.3 Å². The maximum atomic E-state index is 12.7. The number of carbonyl (C=O) groups is 2. The van der Waals surface area contributed by atoms with E-state index in [0.717, 1.165) is 12.8 Å². The molecule has 172 valence electrons. The van der Waals surface area contributed by atoms with Crippen LogP contribution in [0.1, 0.15) is 53.4 Å². The number of hydrogen-bond acceptors (Lipinski definition) is 7. The standard InChI is InChI=1S/C21H23F3N4O4/c1-11-6-15(28-18(26-11)8-16(29)13-4-5-13)19(30)27-12(2)14-7-17(31-3)20(25-9-14)32-10-21(22,23)24/h6-7,9,12-13H,4-5,8,10H2,1-3H3,(H,27,30). The summed E-state index contributed by atoms with van der Waals surface area (Å²) in [5.74, 6) is -0.341. The average molecular weight is 452 g/mol. The van der Waals surface area contributed by atoms with Gasteiger partial charge in [-0.1, -0.05) is 0 Å². The Balaban J connectivity index is 1.69. The molecule has 0 bridgehead atoms. The van der Waals surface area contributed by atoms with E-state index in [1.807, 2.05) is 0 Å². The highest BCUT2D eigenvalue weighted by molar-refractivity contribution is 5.93. The quantitative estimate of drug-likeness (QED) is 0.623. The lowest BCUT2D eigenvalue weighted by Crippen LogP contribution is -2.28. The number of ether oxygens (including phenoxy) is 2. The molecule has 0 aliphatic heterocycles. The highest BCUT2D eigenvalue weighted by Crippen LogP contribution is 2.31. The molecule has 0 aromatic carbocycles. The number of rotatable bonds is 9. The third kappa shape index (κ3) is 6.38. The predicted octanol–water partition coefficient (Wildman–Crippen LogP) is 3.14. The second kappa shape index (κ2) is 9.49. The van der Waals surface area contributed by atoms with Crippen LogP contribution in [-0.2, 0) is 11.2 Å². The van der Waals surface area contributed by atoms with Crippen molar-refractivity contribution in [2.24, 2.45) is 5.92 Å². The Morgan fingerprint density at radius 1 is 1.25 bits per heavy atom. The molecule has 2 aromatic heterocycles. The number of halogens is 3. The van der Waals surface area contributed by atoms with E-state index in [0.29, 0.717) is 17.1 Å². The van der Waals surface area contributed by atoms with Crippen LogP contribution < -0.4 is 14.8 Å². The van der Waals surface area contributed by atoms with Crippen LogP contribution in [0.25, 0.3) is 0 Å². The monoisotopic (exact) mass is 452 g/mol. The van der Waals surface area contributed by atoms with Crippen LogP contribution in [0.4, 0.5) is 13.2 Å². The number of nitrogens with one attached hydrogen (secondary N) is 1. The van der Waals surface area contributed by atoms with Crippen molar-refractivity contribution in [3.05, 3.63) is 41.1 Å². The number of aryl methyl sites for hydroxylation is 1. The Bertz CT molecular complexity index is 1010. The summed E-state index contributed by atoms with van der Waals surface area (Å²) in [5.41, 5.74) is 1.17. The zero-order valence-electron chi connectivity index (χ0n) is 17.8. The lowest BCUT2D eigenvalue weighted by atomic mass is 10.1. The van der Waals surface area contributed by atoms with Crippen molar-refractivity contribution in [3.8, 4) is 11.6 Å². The maximum absolute atomic E-state index is 12.7. The van der Waals surface area contributed by atoms with Gasteiger partial charge in [-0.15, -0.1) is 0 Å². The van der Waals surface area contributed by atoms with Crippen molar-refractivity contribution in [1.29, 1.82) is 0 Å². The van der Waals surface area contributed by atoms with E-state index in [1.165, 1.54) is 25.4 Å². The van der Waals surface area contributed by atoms with E-state index in [9.17, 15) is 22.8 Å². The van der Waals surface area contributed by atoms with Gasteiger partial charge in [-0.05, 0) is 44.4 Å². The van der Waals surface area contributed by atoms with Crippen LogP contribution >= 0.6 is 0 Å². The molecule has 1 unspecified atom stereocenters. The maximum Gasteiger partial charge on any atom is 0.422 e. The molecule has 2 heterocycles. The molecule has 2 aromatic rings. The fraction of sp³-hybridized carbons (Fsp3) is 0.476. The molecule has 0 spiro atoms. The van der Waals surface area contributed by atoms with Crippen molar-refractivity contribution >= 4 is 11.7 Å². The topological polar surface area (TPSA) is 103 Å². The molecule has 8 nitrogen and oxygen atoms in total. The first-order valence-electron chi connectivity index (χ1n) is 9.97.